The summed E-state index contributed by atoms with van der Waals surface area (Å²) in [6, 6.07) is 18.1. The number of aromatic nitrogens is 4. The highest BCUT2D eigenvalue weighted by Crippen LogP contribution is 2.29. The number of nitrogens with zero attached hydrogens (tertiary/aromatic N) is 4. The Balaban J connectivity index is 1.56. The van der Waals surface area contributed by atoms with E-state index < -0.39 is 0 Å². The van der Waals surface area contributed by atoms with Crippen molar-refractivity contribution in [3.8, 4) is 28.7 Å². The lowest BCUT2D eigenvalue weighted by Gasteiger charge is -2.11. The van der Waals surface area contributed by atoms with E-state index in [4.69, 9.17) is 21.1 Å². The van der Waals surface area contributed by atoms with Gasteiger partial charge in [0.15, 0.2) is 11.0 Å². The van der Waals surface area contributed by atoms with Crippen LogP contribution in [-0.2, 0) is 4.79 Å². The zero-order valence-electron chi connectivity index (χ0n) is 17.9. The molecule has 0 bridgehead atoms. The molecule has 2 aromatic heterocycles. The van der Waals surface area contributed by atoms with Crippen molar-refractivity contribution in [1.29, 1.82) is 0 Å². The summed E-state index contributed by atoms with van der Waals surface area (Å²) in [5.41, 5.74) is 2.05. The average Bonchev–Trinajstić information content (AvgIpc) is 3.27. The minimum Gasteiger partial charge on any atom is -0.497 e. The predicted molar refractivity (Wildman–Crippen MR) is 128 cm³/mol. The second-order valence-electron chi connectivity index (χ2n) is 6.77. The zero-order chi connectivity index (χ0) is 23.2. The summed E-state index contributed by atoms with van der Waals surface area (Å²) in [6.45, 7) is 0. The van der Waals surface area contributed by atoms with Crippen molar-refractivity contribution in [2.24, 2.45) is 0 Å². The van der Waals surface area contributed by atoms with Crippen LogP contribution < -0.4 is 14.8 Å². The predicted octanol–water partition coefficient (Wildman–Crippen LogP) is 4.73. The van der Waals surface area contributed by atoms with Crippen LogP contribution in [0.4, 0.5) is 5.69 Å². The van der Waals surface area contributed by atoms with E-state index in [2.05, 4.69) is 20.5 Å². The Labute approximate surface area is 199 Å². The molecule has 0 saturated carbocycles. The van der Waals surface area contributed by atoms with Crippen LogP contribution in [0, 0.1) is 0 Å². The lowest BCUT2D eigenvalue weighted by atomic mass is 10.2. The molecule has 0 aliphatic carbocycles. The van der Waals surface area contributed by atoms with Gasteiger partial charge in [-0.2, -0.15) is 0 Å². The molecule has 0 radical (unpaired) electrons. The van der Waals surface area contributed by atoms with Crippen molar-refractivity contribution < 1.29 is 14.3 Å². The van der Waals surface area contributed by atoms with E-state index in [1.807, 2.05) is 34.9 Å². The van der Waals surface area contributed by atoms with E-state index in [1.165, 1.54) is 11.8 Å². The van der Waals surface area contributed by atoms with Gasteiger partial charge in [0, 0.05) is 40.8 Å². The van der Waals surface area contributed by atoms with Crippen LogP contribution in [-0.4, -0.2) is 45.6 Å². The van der Waals surface area contributed by atoms with Crippen LogP contribution in [0.2, 0.25) is 5.02 Å². The van der Waals surface area contributed by atoms with Gasteiger partial charge in [-0.15, -0.1) is 10.2 Å². The SMILES string of the molecule is COc1cc(NC(=O)CSc2nnc(-c3ccccn3)n2-c2ccc(Cl)cc2)cc(OC)c1. The largest absolute Gasteiger partial charge is 0.497 e. The van der Waals surface area contributed by atoms with E-state index in [0.29, 0.717) is 38.9 Å². The Kier molecular flexibility index (Phi) is 7.11. The van der Waals surface area contributed by atoms with E-state index in [1.54, 1.807) is 50.7 Å². The number of amides is 1. The summed E-state index contributed by atoms with van der Waals surface area (Å²) < 4.78 is 12.4. The molecule has 2 aromatic carbocycles. The van der Waals surface area contributed by atoms with Crippen molar-refractivity contribution in [2.45, 2.75) is 5.16 Å². The number of anilines is 1. The molecule has 0 aliphatic rings. The van der Waals surface area contributed by atoms with Gasteiger partial charge in [-0.25, -0.2) is 0 Å². The highest BCUT2D eigenvalue weighted by Gasteiger charge is 2.18. The van der Waals surface area contributed by atoms with E-state index in [0.717, 1.165) is 5.69 Å². The molecule has 0 aliphatic heterocycles. The molecule has 2 heterocycles. The standard InChI is InChI=1S/C23H20ClN5O3S/c1-31-18-11-16(12-19(13-18)32-2)26-21(30)14-33-23-28-27-22(20-5-3-4-10-25-20)29(23)17-8-6-15(24)7-9-17/h3-13H,14H2,1-2H3,(H,26,30). The van der Waals surface area contributed by atoms with Gasteiger partial charge in [-0.1, -0.05) is 29.4 Å². The fraction of sp³-hybridized carbons (Fsp3) is 0.130. The van der Waals surface area contributed by atoms with Gasteiger partial charge >= 0.3 is 0 Å². The summed E-state index contributed by atoms with van der Waals surface area (Å²) >= 11 is 7.33. The molecule has 4 aromatic rings. The summed E-state index contributed by atoms with van der Waals surface area (Å²) in [5, 5.41) is 12.7. The maximum Gasteiger partial charge on any atom is 0.234 e. The second-order valence-corrected chi connectivity index (χ2v) is 8.15. The van der Waals surface area contributed by atoms with Crippen LogP contribution in [0.15, 0.2) is 72.0 Å². The van der Waals surface area contributed by atoms with E-state index in [9.17, 15) is 4.79 Å². The van der Waals surface area contributed by atoms with E-state index >= 15 is 0 Å². The fourth-order valence-corrected chi connectivity index (χ4v) is 3.93. The average molecular weight is 482 g/mol. The lowest BCUT2D eigenvalue weighted by molar-refractivity contribution is -0.113. The maximum absolute atomic E-state index is 12.7. The summed E-state index contributed by atoms with van der Waals surface area (Å²) in [6.07, 6.45) is 1.69. The molecule has 0 spiro atoms. The van der Waals surface area contributed by atoms with Crippen LogP contribution >= 0.6 is 23.4 Å². The number of carbonyl (C=O) groups excluding carboxylic acids is 1. The number of halogens is 1. The number of ether oxygens (including phenoxy) is 2. The first-order valence-corrected chi connectivity index (χ1v) is 11.2. The van der Waals surface area contributed by atoms with Gasteiger partial charge in [-0.3, -0.25) is 14.3 Å². The maximum atomic E-state index is 12.7. The second kappa shape index (κ2) is 10.4. The molecular weight excluding hydrogens is 462 g/mol. The molecule has 1 amide bonds. The molecule has 1 N–H and O–H groups in total. The molecular formula is C23H20ClN5O3S. The van der Waals surface area contributed by atoms with Crippen LogP contribution in [0.1, 0.15) is 0 Å². The Bertz CT molecular complexity index is 1230. The summed E-state index contributed by atoms with van der Waals surface area (Å²) in [5.74, 6) is 1.64. The molecule has 168 valence electrons. The van der Waals surface area contributed by atoms with Crippen LogP contribution in [0.25, 0.3) is 17.2 Å². The lowest BCUT2D eigenvalue weighted by Crippen LogP contribution is -2.14. The number of thioether (sulfide) groups is 1. The monoisotopic (exact) mass is 481 g/mol. The minimum absolute atomic E-state index is 0.119. The van der Waals surface area contributed by atoms with E-state index in [-0.39, 0.29) is 11.7 Å². The summed E-state index contributed by atoms with van der Waals surface area (Å²) in [4.78, 5) is 17.0. The molecule has 33 heavy (non-hydrogen) atoms. The number of nitrogens with one attached hydrogen (secondary N) is 1. The number of hydrogen-bond donors (Lipinski definition) is 1. The third kappa shape index (κ3) is 5.44. The molecule has 4 rings (SSSR count). The highest BCUT2D eigenvalue weighted by atomic mass is 35.5. The van der Waals surface area contributed by atoms with Gasteiger partial charge in [0.05, 0.1) is 20.0 Å². The number of methoxy groups -OCH3 is 2. The van der Waals surface area contributed by atoms with Gasteiger partial charge in [-0.05, 0) is 36.4 Å². The van der Waals surface area contributed by atoms with Crippen molar-refractivity contribution in [2.75, 3.05) is 25.3 Å². The fourth-order valence-electron chi connectivity index (χ4n) is 3.05. The molecule has 8 nitrogen and oxygen atoms in total. The van der Waals surface area contributed by atoms with Crippen molar-refractivity contribution in [1.82, 2.24) is 19.7 Å². The van der Waals surface area contributed by atoms with Crippen molar-refractivity contribution >= 4 is 35.0 Å². The number of pyridine rings is 1. The normalized spacial score (nSPS) is 10.6. The first-order valence-electron chi connectivity index (χ1n) is 9.86. The molecule has 0 saturated heterocycles. The smallest absolute Gasteiger partial charge is 0.234 e. The Morgan fingerprint density at radius 1 is 1.03 bits per heavy atom. The van der Waals surface area contributed by atoms with Gasteiger partial charge in [0.1, 0.15) is 17.2 Å². The molecule has 0 fully saturated rings. The number of carbonyl (C=O) groups is 1. The number of hydrogen-bond acceptors (Lipinski definition) is 7. The molecule has 10 heteroatoms. The minimum atomic E-state index is -0.208. The number of benzene rings is 2. The quantitative estimate of drug-likeness (QED) is 0.364. The number of rotatable bonds is 8. The topological polar surface area (TPSA) is 91.2 Å². The van der Waals surface area contributed by atoms with Gasteiger partial charge in [0.25, 0.3) is 0 Å². The third-order valence-electron chi connectivity index (χ3n) is 4.58. The van der Waals surface area contributed by atoms with Crippen molar-refractivity contribution in [3.63, 3.8) is 0 Å². The van der Waals surface area contributed by atoms with Crippen molar-refractivity contribution in [3.05, 3.63) is 71.9 Å². The summed E-state index contributed by atoms with van der Waals surface area (Å²) in [7, 11) is 3.11. The third-order valence-corrected chi connectivity index (χ3v) is 5.76. The highest BCUT2D eigenvalue weighted by molar-refractivity contribution is 7.99. The Hall–Kier alpha value is -3.56. The first-order chi connectivity index (χ1) is 16.1. The van der Waals surface area contributed by atoms with Crippen LogP contribution in [0.3, 0.4) is 0 Å². The zero-order valence-corrected chi connectivity index (χ0v) is 19.4. The molecule has 0 atom stereocenters. The van der Waals surface area contributed by atoms with Gasteiger partial charge < -0.3 is 14.8 Å². The first kappa shape index (κ1) is 22.6. The Morgan fingerprint density at radius 2 is 1.76 bits per heavy atom. The molecule has 0 unspecified atom stereocenters. The Morgan fingerprint density at radius 3 is 2.39 bits per heavy atom. The van der Waals surface area contributed by atoms with Crippen LogP contribution in [0.5, 0.6) is 11.5 Å². The van der Waals surface area contributed by atoms with Gasteiger partial charge in [0.2, 0.25) is 5.91 Å².